The van der Waals surface area contributed by atoms with Crippen LogP contribution >= 0.6 is 24.8 Å². The fourth-order valence-electron chi connectivity index (χ4n) is 2.46. The highest BCUT2D eigenvalue weighted by Crippen LogP contribution is 2.17. The number of fused-ring (bicyclic) bond motifs is 1. The molecule has 0 unspecified atom stereocenters. The molecule has 140 valence electrons. The first-order valence-corrected chi connectivity index (χ1v) is 8.16. The standard InChI is InChI=1S/C19H22N4O.2ClH/c1-14(2)21-10-11-24-23-19(15-6-4-3-5-7-15)17-12-16-8-9-20-13-18(16)22-17;;/h3-9,12-14,21-22H,10-11H2,1-2H3;2*1H/b23-19+;;. The van der Waals surface area contributed by atoms with Gasteiger partial charge in [0.25, 0.3) is 0 Å². The van der Waals surface area contributed by atoms with Crippen molar-refractivity contribution in [3.05, 3.63) is 66.1 Å². The molecule has 2 aromatic heterocycles. The average Bonchev–Trinajstić information content (AvgIpc) is 3.02. The van der Waals surface area contributed by atoms with Crippen molar-refractivity contribution < 1.29 is 4.84 Å². The molecule has 0 bridgehead atoms. The van der Waals surface area contributed by atoms with Gasteiger partial charge in [-0.3, -0.25) is 4.98 Å². The molecule has 5 nitrogen and oxygen atoms in total. The number of hydrogen-bond donors (Lipinski definition) is 2. The lowest BCUT2D eigenvalue weighted by atomic mass is 10.1. The SMILES string of the molecule is CC(C)NCCO/N=C(\c1ccccc1)c1cc2ccncc2[nH]1.Cl.Cl. The summed E-state index contributed by atoms with van der Waals surface area (Å²) in [6.07, 6.45) is 3.60. The van der Waals surface area contributed by atoms with E-state index >= 15 is 0 Å². The fraction of sp³-hybridized carbons (Fsp3) is 0.263. The molecule has 0 spiro atoms. The zero-order valence-electron chi connectivity index (χ0n) is 14.8. The first kappa shape index (κ1) is 22.0. The Kier molecular flexibility index (Phi) is 9.13. The first-order valence-electron chi connectivity index (χ1n) is 8.16. The molecule has 0 aliphatic rings. The van der Waals surface area contributed by atoms with Crippen LogP contribution in [0.3, 0.4) is 0 Å². The minimum absolute atomic E-state index is 0. The van der Waals surface area contributed by atoms with E-state index in [0.29, 0.717) is 12.6 Å². The minimum atomic E-state index is 0. The van der Waals surface area contributed by atoms with Crippen LogP contribution in [0.25, 0.3) is 10.9 Å². The van der Waals surface area contributed by atoms with Crippen molar-refractivity contribution in [2.24, 2.45) is 5.16 Å². The number of aromatic amines is 1. The monoisotopic (exact) mass is 394 g/mol. The number of oxime groups is 1. The van der Waals surface area contributed by atoms with Gasteiger partial charge in [-0.05, 0) is 12.1 Å². The Labute approximate surface area is 166 Å². The molecule has 26 heavy (non-hydrogen) atoms. The summed E-state index contributed by atoms with van der Waals surface area (Å²) in [4.78, 5) is 13.1. The molecule has 2 heterocycles. The van der Waals surface area contributed by atoms with Gasteiger partial charge in [0.15, 0.2) is 0 Å². The molecule has 0 aliphatic heterocycles. The van der Waals surface area contributed by atoms with Gasteiger partial charge in [-0.2, -0.15) is 0 Å². The van der Waals surface area contributed by atoms with Gasteiger partial charge >= 0.3 is 0 Å². The second-order valence-corrected chi connectivity index (χ2v) is 5.89. The van der Waals surface area contributed by atoms with Gasteiger partial charge in [-0.15, -0.1) is 24.8 Å². The molecule has 2 N–H and O–H groups in total. The van der Waals surface area contributed by atoms with Crippen LogP contribution in [-0.2, 0) is 4.84 Å². The summed E-state index contributed by atoms with van der Waals surface area (Å²) in [5.41, 5.74) is 3.70. The molecule has 7 heteroatoms. The van der Waals surface area contributed by atoms with Gasteiger partial charge in [0.05, 0.1) is 17.4 Å². The van der Waals surface area contributed by atoms with Gasteiger partial charge < -0.3 is 15.1 Å². The van der Waals surface area contributed by atoms with E-state index < -0.39 is 0 Å². The van der Waals surface area contributed by atoms with Crippen molar-refractivity contribution in [1.82, 2.24) is 15.3 Å². The molecule has 0 saturated carbocycles. The van der Waals surface area contributed by atoms with Crippen LogP contribution < -0.4 is 5.32 Å². The first-order chi connectivity index (χ1) is 11.7. The maximum atomic E-state index is 5.54. The van der Waals surface area contributed by atoms with Crippen molar-refractivity contribution in [2.45, 2.75) is 19.9 Å². The molecule has 3 aromatic rings. The van der Waals surface area contributed by atoms with Gasteiger partial charge in [-0.1, -0.05) is 49.3 Å². The molecule has 0 atom stereocenters. The van der Waals surface area contributed by atoms with Crippen LogP contribution in [0, 0.1) is 0 Å². The predicted octanol–water partition coefficient (Wildman–Crippen LogP) is 4.17. The van der Waals surface area contributed by atoms with Crippen molar-refractivity contribution >= 4 is 41.4 Å². The van der Waals surface area contributed by atoms with E-state index in [9.17, 15) is 0 Å². The van der Waals surface area contributed by atoms with Crippen molar-refractivity contribution in [3.63, 3.8) is 0 Å². The Morgan fingerprint density at radius 2 is 1.96 bits per heavy atom. The Morgan fingerprint density at radius 3 is 2.65 bits per heavy atom. The number of nitrogens with one attached hydrogen (secondary N) is 2. The third-order valence-electron chi connectivity index (χ3n) is 3.63. The normalized spacial score (nSPS) is 11.1. The van der Waals surface area contributed by atoms with Crippen LogP contribution in [0.5, 0.6) is 0 Å². The molecule has 0 fully saturated rings. The number of H-pyrrole nitrogens is 1. The maximum Gasteiger partial charge on any atom is 0.133 e. The number of pyridine rings is 1. The summed E-state index contributed by atoms with van der Waals surface area (Å²) in [6, 6.07) is 14.5. The Morgan fingerprint density at radius 1 is 1.19 bits per heavy atom. The van der Waals surface area contributed by atoms with Crippen LogP contribution in [0.2, 0.25) is 0 Å². The minimum Gasteiger partial charge on any atom is -0.394 e. The van der Waals surface area contributed by atoms with E-state index in [0.717, 1.165) is 34.4 Å². The van der Waals surface area contributed by atoms with Crippen LogP contribution in [0.1, 0.15) is 25.1 Å². The lowest BCUT2D eigenvalue weighted by molar-refractivity contribution is 0.145. The highest BCUT2D eigenvalue weighted by molar-refractivity contribution is 6.13. The fourth-order valence-corrected chi connectivity index (χ4v) is 2.46. The van der Waals surface area contributed by atoms with E-state index in [1.165, 1.54) is 0 Å². The van der Waals surface area contributed by atoms with E-state index in [1.807, 2.05) is 42.6 Å². The summed E-state index contributed by atoms with van der Waals surface area (Å²) in [7, 11) is 0. The smallest absolute Gasteiger partial charge is 0.133 e. The second kappa shape index (κ2) is 10.8. The molecule has 0 amide bonds. The Bertz CT molecular complexity index is 786. The molecule has 0 aliphatic carbocycles. The van der Waals surface area contributed by atoms with E-state index in [1.54, 1.807) is 6.20 Å². The highest BCUT2D eigenvalue weighted by atomic mass is 35.5. The van der Waals surface area contributed by atoms with Crippen molar-refractivity contribution in [2.75, 3.05) is 13.2 Å². The number of halogens is 2. The number of nitrogens with zero attached hydrogens (tertiary/aromatic N) is 2. The van der Waals surface area contributed by atoms with E-state index in [4.69, 9.17) is 4.84 Å². The summed E-state index contributed by atoms with van der Waals surface area (Å²) in [5, 5.41) is 8.79. The Balaban J connectivity index is 0.00000169. The van der Waals surface area contributed by atoms with Gasteiger partial charge in [-0.25, -0.2) is 0 Å². The highest BCUT2D eigenvalue weighted by Gasteiger charge is 2.11. The van der Waals surface area contributed by atoms with Crippen molar-refractivity contribution in [3.8, 4) is 0 Å². The Hall–Kier alpha value is -2.08. The summed E-state index contributed by atoms with van der Waals surface area (Å²) < 4.78 is 0. The van der Waals surface area contributed by atoms with E-state index in [2.05, 4.69) is 40.4 Å². The van der Waals surface area contributed by atoms with Gasteiger partial charge in [0, 0.05) is 29.7 Å². The van der Waals surface area contributed by atoms with E-state index in [-0.39, 0.29) is 24.8 Å². The molecular weight excluding hydrogens is 371 g/mol. The molecule has 3 rings (SSSR count). The number of rotatable bonds is 7. The van der Waals surface area contributed by atoms with Gasteiger partial charge in [0.2, 0.25) is 0 Å². The summed E-state index contributed by atoms with van der Waals surface area (Å²) in [5.74, 6) is 0. The number of hydrogen-bond acceptors (Lipinski definition) is 4. The third-order valence-corrected chi connectivity index (χ3v) is 3.63. The van der Waals surface area contributed by atoms with Crippen LogP contribution in [0.15, 0.2) is 60.0 Å². The molecule has 0 radical (unpaired) electrons. The summed E-state index contributed by atoms with van der Waals surface area (Å²) in [6.45, 7) is 5.50. The number of benzene rings is 1. The molecular formula is C19H24Cl2N4O. The predicted molar refractivity (Wildman–Crippen MR) is 112 cm³/mol. The van der Waals surface area contributed by atoms with Gasteiger partial charge in [0.1, 0.15) is 12.3 Å². The maximum absolute atomic E-state index is 5.54. The second-order valence-electron chi connectivity index (χ2n) is 5.89. The summed E-state index contributed by atoms with van der Waals surface area (Å²) >= 11 is 0. The van der Waals surface area contributed by atoms with Crippen LogP contribution in [-0.4, -0.2) is 34.9 Å². The largest absolute Gasteiger partial charge is 0.394 e. The lowest BCUT2D eigenvalue weighted by Crippen LogP contribution is -2.26. The average molecular weight is 395 g/mol. The van der Waals surface area contributed by atoms with Crippen LogP contribution in [0.4, 0.5) is 0 Å². The quantitative estimate of drug-likeness (QED) is 0.359. The molecule has 0 saturated heterocycles. The molecule has 1 aromatic carbocycles. The topological polar surface area (TPSA) is 62.3 Å². The zero-order chi connectivity index (χ0) is 16.8. The lowest BCUT2D eigenvalue weighted by Gasteiger charge is -2.08. The zero-order valence-corrected chi connectivity index (χ0v) is 16.4. The third kappa shape index (κ3) is 5.73. The van der Waals surface area contributed by atoms with Crippen molar-refractivity contribution in [1.29, 1.82) is 0 Å². The number of aromatic nitrogens is 2.